The summed E-state index contributed by atoms with van der Waals surface area (Å²) in [5.41, 5.74) is 5.22. The first-order chi connectivity index (χ1) is 9.30. The van der Waals surface area contributed by atoms with Crippen LogP contribution in [0.1, 0.15) is 33.5 Å². The van der Waals surface area contributed by atoms with Crippen molar-refractivity contribution in [3.63, 3.8) is 0 Å². The fourth-order valence-electron chi connectivity index (χ4n) is 1.33. The second-order valence-corrected chi connectivity index (χ2v) is 6.06. The molecule has 1 aromatic rings. The summed E-state index contributed by atoms with van der Waals surface area (Å²) in [6.07, 6.45) is 0. The first-order valence-corrected chi connectivity index (χ1v) is 7.34. The van der Waals surface area contributed by atoms with E-state index in [1.54, 1.807) is 6.07 Å². The smallest absolute Gasteiger partial charge is 0.316 e. The van der Waals surface area contributed by atoms with Gasteiger partial charge in [0.2, 0.25) is 0 Å². The Morgan fingerprint density at radius 1 is 1.40 bits per heavy atom. The fourth-order valence-corrected chi connectivity index (χ4v) is 2.03. The van der Waals surface area contributed by atoms with Crippen LogP contribution in [-0.2, 0) is 20.9 Å². The van der Waals surface area contributed by atoms with E-state index in [0.29, 0.717) is 29.9 Å². The summed E-state index contributed by atoms with van der Waals surface area (Å²) < 4.78 is 10.5. The molecule has 0 aliphatic heterocycles. The highest BCUT2D eigenvalue weighted by atomic mass is 32.2. The average molecular weight is 299 g/mol. The second-order valence-electron chi connectivity index (χ2n) is 5.06. The Labute approximate surface area is 123 Å². The number of anilines is 1. The lowest BCUT2D eigenvalue weighted by atomic mass is 10.2. The number of carbonyl (C=O) groups excluding carboxylic acids is 1. The predicted molar refractivity (Wildman–Crippen MR) is 78.3 cm³/mol. The van der Waals surface area contributed by atoms with Crippen LogP contribution >= 0.6 is 11.8 Å². The van der Waals surface area contributed by atoms with E-state index in [9.17, 15) is 4.79 Å². The maximum absolute atomic E-state index is 11.6. The number of nitrogen functional groups attached to an aromatic ring is 1. The molecule has 0 amide bonds. The molecule has 7 heteroatoms. The van der Waals surface area contributed by atoms with E-state index in [4.69, 9.17) is 15.2 Å². The molecule has 0 atom stereocenters. The van der Waals surface area contributed by atoms with Gasteiger partial charge in [-0.3, -0.25) is 4.79 Å². The highest BCUT2D eigenvalue weighted by molar-refractivity contribution is 7.99. The number of hydrogen-bond acceptors (Lipinski definition) is 7. The SMILES string of the molecule is CCOCc1nc(N)cc(SCC(=O)OC(C)(C)C)n1. The Bertz CT molecular complexity index is 461. The molecule has 20 heavy (non-hydrogen) atoms. The minimum absolute atomic E-state index is 0.182. The molecule has 0 spiro atoms. The van der Waals surface area contributed by atoms with Crippen LogP contribution in [0.15, 0.2) is 11.1 Å². The first-order valence-electron chi connectivity index (χ1n) is 6.36. The number of nitrogens with two attached hydrogens (primary N) is 1. The summed E-state index contributed by atoms with van der Waals surface area (Å²) >= 11 is 1.27. The van der Waals surface area contributed by atoms with Crippen molar-refractivity contribution in [1.82, 2.24) is 9.97 Å². The van der Waals surface area contributed by atoms with Crippen molar-refractivity contribution in [3.8, 4) is 0 Å². The van der Waals surface area contributed by atoms with Crippen LogP contribution in [0.5, 0.6) is 0 Å². The lowest BCUT2D eigenvalue weighted by Crippen LogP contribution is -2.24. The molecule has 0 saturated carbocycles. The van der Waals surface area contributed by atoms with Gasteiger partial charge in [-0.05, 0) is 27.7 Å². The maximum atomic E-state index is 11.6. The zero-order valence-corrected chi connectivity index (χ0v) is 13.1. The standard InChI is InChI=1S/C13H21N3O3S/c1-5-18-7-10-15-9(14)6-11(16-10)20-8-12(17)19-13(2,3)4/h6H,5,7-8H2,1-4H3,(H2,14,15,16). The van der Waals surface area contributed by atoms with Gasteiger partial charge in [-0.2, -0.15) is 0 Å². The average Bonchev–Trinajstić information content (AvgIpc) is 2.31. The van der Waals surface area contributed by atoms with Crippen molar-refractivity contribution < 1.29 is 14.3 Å². The summed E-state index contributed by atoms with van der Waals surface area (Å²) in [6.45, 7) is 8.28. The summed E-state index contributed by atoms with van der Waals surface area (Å²) in [5, 5.41) is 0.637. The molecule has 0 saturated heterocycles. The Morgan fingerprint density at radius 2 is 2.10 bits per heavy atom. The molecule has 0 aromatic carbocycles. The van der Waals surface area contributed by atoms with Crippen molar-refractivity contribution in [3.05, 3.63) is 11.9 Å². The van der Waals surface area contributed by atoms with Gasteiger partial charge in [-0.1, -0.05) is 11.8 Å². The third-order valence-corrected chi connectivity index (χ3v) is 2.85. The van der Waals surface area contributed by atoms with Crippen molar-refractivity contribution >= 4 is 23.5 Å². The van der Waals surface area contributed by atoms with Crippen LogP contribution in [0, 0.1) is 0 Å². The maximum Gasteiger partial charge on any atom is 0.316 e. The van der Waals surface area contributed by atoms with E-state index in [0.717, 1.165) is 0 Å². The normalized spacial score (nSPS) is 11.4. The number of carbonyl (C=O) groups is 1. The van der Waals surface area contributed by atoms with Gasteiger partial charge in [0.05, 0.1) is 5.75 Å². The van der Waals surface area contributed by atoms with Gasteiger partial charge in [0.15, 0.2) is 5.82 Å². The molecule has 0 bridgehead atoms. The summed E-state index contributed by atoms with van der Waals surface area (Å²) in [6, 6.07) is 1.63. The van der Waals surface area contributed by atoms with E-state index >= 15 is 0 Å². The Kier molecular flexibility index (Phi) is 6.22. The van der Waals surface area contributed by atoms with Gasteiger partial charge >= 0.3 is 5.97 Å². The number of esters is 1. The molecular formula is C13H21N3O3S. The van der Waals surface area contributed by atoms with Gasteiger partial charge in [-0.15, -0.1) is 0 Å². The summed E-state index contributed by atoms with van der Waals surface area (Å²) in [5.74, 6) is 0.771. The number of nitrogens with zero attached hydrogens (tertiary/aromatic N) is 2. The quantitative estimate of drug-likeness (QED) is 0.488. The Balaban J connectivity index is 2.59. The van der Waals surface area contributed by atoms with Gasteiger partial charge in [0.25, 0.3) is 0 Å². The monoisotopic (exact) mass is 299 g/mol. The molecular weight excluding hydrogens is 278 g/mol. The van der Waals surface area contributed by atoms with Crippen molar-refractivity contribution in [1.29, 1.82) is 0 Å². The fraction of sp³-hybridized carbons (Fsp3) is 0.615. The third kappa shape index (κ3) is 6.72. The molecule has 0 unspecified atom stereocenters. The molecule has 1 aromatic heterocycles. The van der Waals surface area contributed by atoms with Gasteiger partial charge in [-0.25, -0.2) is 9.97 Å². The second kappa shape index (κ2) is 7.44. The summed E-state index contributed by atoms with van der Waals surface area (Å²) in [4.78, 5) is 20.0. The molecule has 112 valence electrons. The first kappa shape index (κ1) is 16.7. The molecule has 6 nitrogen and oxygen atoms in total. The molecule has 0 fully saturated rings. The van der Waals surface area contributed by atoms with Crippen LogP contribution in [0.4, 0.5) is 5.82 Å². The van der Waals surface area contributed by atoms with E-state index < -0.39 is 5.60 Å². The van der Waals surface area contributed by atoms with Crippen LogP contribution in [0.25, 0.3) is 0 Å². The molecule has 0 aliphatic carbocycles. The Morgan fingerprint density at radius 3 is 2.70 bits per heavy atom. The Hall–Kier alpha value is -1.34. The topological polar surface area (TPSA) is 87.3 Å². The molecule has 1 heterocycles. The minimum atomic E-state index is -0.484. The molecule has 1 rings (SSSR count). The molecule has 2 N–H and O–H groups in total. The lowest BCUT2D eigenvalue weighted by Gasteiger charge is -2.19. The van der Waals surface area contributed by atoms with Crippen molar-refractivity contribution in [2.45, 2.75) is 44.9 Å². The molecule has 0 aliphatic rings. The number of ether oxygens (including phenoxy) is 2. The summed E-state index contributed by atoms with van der Waals surface area (Å²) in [7, 11) is 0. The predicted octanol–water partition coefficient (Wildman–Crippen LogP) is 2.03. The van der Waals surface area contributed by atoms with Gasteiger partial charge in [0.1, 0.15) is 23.1 Å². The minimum Gasteiger partial charge on any atom is -0.459 e. The van der Waals surface area contributed by atoms with Gasteiger partial charge in [0, 0.05) is 12.7 Å². The van der Waals surface area contributed by atoms with E-state index in [2.05, 4.69) is 9.97 Å². The van der Waals surface area contributed by atoms with Crippen LogP contribution in [0.2, 0.25) is 0 Å². The number of rotatable bonds is 6. The highest BCUT2D eigenvalue weighted by Crippen LogP contribution is 2.19. The third-order valence-electron chi connectivity index (χ3n) is 1.96. The lowest BCUT2D eigenvalue weighted by molar-refractivity contribution is -0.151. The van der Waals surface area contributed by atoms with Crippen molar-refractivity contribution in [2.24, 2.45) is 0 Å². The number of aromatic nitrogens is 2. The van der Waals surface area contributed by atoms with Gasteiger partial charge < -0.3 is 15.2 Å². The van der Waals surface area contributed by atoms with Crippen molar-refractivity contribution in [2.75, 3.05) is 18.1 Å². The molecule has 0 radical (unpaired) electrons. The van der Waals surface area contributed by atoms with E-state index in [1.165, 1.54) is 11.8 Å². The highest BCUT2D eigenvalue weighted by Gasteiger charge is 2.16. The zero-order chi connectivity index (χ0) is 15.2. The largest absolute Gasteiger partial charge is 0.459 e. The van der Waals surface area contributed by atoms with E-state index in [1.807, 2.05) is 27.7 Å². The number of hydrogen-bond donors (Lipinski definition) is 1. The van der Waals surface area contributed by atoms with Crippen LogP contribution in [0.3, 0.4) is 0 Å². The van der Waals surface area contributed by atoms with Crippen LogP contribution < -0.4 is 5.73 Å². The number of thioether (sulfide) groups is 1. The zero-order valence-electron chi connectivity index (χ0n) is 12.3. The van der Waals surface area contributed by atoms with Crippen LogP contribution in [-0.4, -0.2) is 33.9 Å². The van der Waals surface area contributed by atoms with E-state index in [-0.39, 0.29) is 11.7 Å².